The molecule has 0 atom stereocenters. The number of benzene rings is 1. The third kappa shape index (κ3) is 1.87. The van der Waals surface area contributed by atoms with E-state index < -0.39 is 5.97 Å². The molecule has 100 valence electrons. The first-order chi connectivity index (χ1) is 9.56. The van der Waals surface area contributed by atoms with Crippen molar-refractivity contribution in [1.29, 1.82) is 0 Å². The summed E-state index contributed by atoms with van der Waals surface area (Å²) in [6.07, 6.45) is 0. The highest BCUT2D eigenvalue weighted by atomic mass is 16.4. The highest BCUT2D eigenvalue weighted by Crippen LogP contribution is 2.16. The molecule has 0 amide bonds. The summed E-state index contributed by atoms with van der Waals surface area (Å²) >= 11 is 0. The van der Waals surface area contributed by atoms with Gasteiger partial charge < -0.3 is 10.1 Å². The van der Waals surface area contributed by atoms with Crippen molar-refractivity contribution in [3.8, 4) is 5.82 Å². The Morgan fingerprint density at radius 3 is 2.80 bits per heavy atom. The van der Waals surface area contributed by atoms with Crippen LogP contribution in [0.25, 0.3) is 16.9 Å². The van der Waals surface area contributed by atoms with Gasteiger partial charge in [-0.2, -0.15) is 0 Å². The van der Waals surface area contributed by atoms with Gasteiger partial charge in [-0.15, -0.1) is 0 Å². The second-order valence-corrected chi connectivity index (χ2v) is 4.44. The van der Waals surface area contributed by atoms with Gasteiger partial charge in [-0.25, -0.2) is 19.1 Å². The van der Waals surface area contributed by atoms with Gasteiger partial charge in [-0.1, -0.05) is 6.07 Å². The quantitative estimate of drug-likeness (QED) is 0.741. The van der Waals surface area contributed by atoms with Crippen molar-refractivity contribution in [3.05, 3.63) is 58.1 Å². The maximum absolute atomic E-state index is 12.1. The Kier molecular flexibility index (Phi) is 2.64. The van der Waals surface area contributed by atoms with Gasteiger partial charge in [0.15, 0.2) is 0 Å². The lowest BCUT2D eigenvalue weighted by molar-refractivity contribution is 0.0697. The molecule has 0 fully saturated rings. The van der Waals surface area contributed by atoms with E-state index in [0.717, 1.165) is 5.69 Å². The van der Waals surface area contributed by atoms with Crippen molar-refractivity contribution in [2.45, 2.75) is 6.92 Å². The number of carboxylic acids is 1. The summed E-state index contributed by atoms with van der Waals surface area (Å²) in [6, 6.07) is 9.88. The molecule has 0 saturated carbocycles. The Hall–Kier alpha value is -2.89. The minimum absolute atomic E-state index is 0.128. The fourth-order valence-corrected chi connectivity index (χ4v) is 2.13. The van der Waals surface area contributed by atoms with Gasteiger partial charge in [0.1, 0.15) is 5.82 Å². The molecule has 6 nitrogen and oxygen atoms in total. The van der Waals surface area contributed by atoms with Crippen molar-refractivity contribution in [1.82, 2.24) is 14.5 Å². The van der Waals surface area contributed by atoms with Gasteiger partial charge in [0.25, 0.3) is 0 Å². The molecule has 0 spiro atoms. The Morgan fingerprint density at radius 1 is 1.30 bits per heavy atom. The lowest BCUT2D eigenvalue weighted by Crippen LogP contribution is -2.15. The number of aromatic carboxylic acids is 1. The minimum Gasteiger partial charge on any atom is -0.478 e. The van der Waals surface area contributed by atoms with Crippen LogP contribution >= 0.6 is 0 Å². The van der Waals surface area contributed by atoms with Gasteiger partial charge >= 0.3 is 11.7 Å². The summed E-state index contributed by atoms with van der Waals surface area (Å²) in [5, 5.41) is 8.96. The number of nitrogens with one attached hydrogen (secondary N) is 1. The molecular weight excluding hydrogens is 258 g/mol. The third-order valence-corrected chi connectivity index (χ3v) is 3.03. The van der Waals surface area contributed by atoms with Crippen molar-refractivity contribution in [2.75, 3.05) is 0 Å². The Bertz CT molecular complexity index is 877. The molecular formula is C14H11N3O3. The fourth-order valence-electron chi connectivity index (χ4n) is 2.13. The molecule has 2 heterocycles. The molecule has 2 N–H and O–H groups in total. The number of H-pyrrole nitrogens is 1. The second-order valence-electron chi connectivity index (χ2n) is 4.44. The van der Waals surface area contributed by atoms with Crippen LogP contribution in [0.5, 0.6) is 0 Å². The van der Waals surface area contributed by atoms with E-state index in [0.29, 0.717) is 16.9 Å². The molecule has 20 heavy (non-hydrogen) atoms. The average Bonchev–Trinajstić information content (AvgIpc) is 2.73. The van der Waals surface area contributed by atoms with Gasteiger partial charge in [0.05, 0.1) is 16.6 Å². The van der Waals surface area contributed by atoms with Crippen molar-refractivity contribution in [2.24, 2.45) is 0 Å². The predicted molar refractivity (Wildman–Crippen MR) is 73.4 cm³/mol. The number of aryl methyl sites for hydroxylation is 1. The number of hydrogen-bond acceptors (Lipinski definition) is 3. The molecule has 0 aliphatic rings. The van der Waals surface area contributed by atoms with Crippen LogP contribution in [-0.2, 0) is 0 Å². The van der Waals surface area contributed by atoms with Gasteiger partial charge in [-0.3, -0.25) is 0 Å². The van der Waals surface area contributed by atoms with Crippen LogP contribution in [0.3, 0.4) is 0 Å². The predicted octanol–water partition coefficient (Wildman–Crippen LogP) is 1.72. The zero-order valence-corrected chi connectivity index (χ0v) is 10.6. The van der Waals surface area contributed by atoms with E-state index >= 15 is 0 Å². The zero-order valence-electron chi connectivity index (χ0n) is 10.6. The Labute approximate surface area is 113 Å². The molecule has 1 aromatic carbocycles. The van der Waals surface area contributed by atoms with Crippen LogP contribution in [-0.4, -0.2) is 25.6 Å². The Balaban J connectivity index is 2.29. The van der Waals surface area contributed by atoms with E-state index in [4.69, 9.17) is 5.11 Å². The van der Waals surface area contributed by atoms with E-state index in [1.807, 2.05) is 19.1 Å². The van der Waals surface area contributed by atoms with Crippen molar-refractivity contribution in [3.63, 3.8) is 0 Å². The summed E-state index contributed by atoms with van der Waals surface area (Å²) in [6.45, 7) is 1.84. The highest BCUT2D eigenvalue weighted by Gasteiger charge is 2.12. The standard InChI is InChI=1S/C14H11N3O3/c1-8-3-2-4-12(15-8)17-11-6-5-9(13(18)19)7-10(11)16-14(17)20/h2-7H,1H3,(H,16,20)(H,18,19). The van der Waals surface area contributed by atoms with Crippen molar-refractivity contribution < 1.29 is 9.90 Å². The number of aromatic amines is 1. The molecule has 0 bridgehead atoms. The molecule has 0 radical (unpaired) electrons. The van der Waals surface area contributed by atoms with E-state index in [9.17, 15) is 9.59 Å². The van der Waals surface area contributed by atoms with E-state index in [2.05, 4.69) is 9.97 Å². The average molecular weight is 269 g/mol. The first-order valence-corrected chi connectivity index (χ1v) is 5.98. The number of rotatable bonds is 2. The lowest BCUT2D eigenvalue weighted by atomic mass is 10.2. The molecule has 0 unspecified atom stereocenters. The molecule has 0 aliphatic carbocycles. The van der Waals surface area contributed by atoms with Gasteiger partial charge in [0, 0.05) is 5.69 Å². The van der Waals surface area contributed by atoms with Gasteiger partial charge in [0.2, 0.25) is 0 Å². The summed E-state index contributed by atoms with van der Waals surface area (Å²) in [5.74, 6) is -0.529. The minimum atomic E-state index is -1.03. The number of imidazole rings is 1. The van der Waals surface area contributed by atoms with Crippen LogP contribution < -0.4 is 5.69 Å². The SMILES string of the molecule is Cc1cccc(-n2c(=O)[nH]c3cc(C(=O)O)ccc32)n1. The summed E-state index contributed by atoms with van der Waals surface area (Å²) in [4.78, 5) is 29.9. The number of carboxylic acid groups (broad SMARTS) is 1. The van der Waals surface area contributed by atoms with Crippen LogP contribution in [0.4, 0.5) is 0 Å². The zero-order chi connectivity index (χ0) is 14.3. The van der Waals surface area contributed by atoms with Crippen LogP contribution in [0.15, 0.2) is 41.2 Å². The summed E-state index contributed by atoms with van der Waals surface area (Å²) in [7, 11) is 0. The summed E-state index contributed by atoms with van der Waals surface area (Å²) in [5.41, 5.74) is 1.64. The fraction of sp³-hybridized carbons (Fsp3) is 0.0714. The number of fused-ring (bicyclic) bond motifs is 1. The number of aromatic nitrogens is 3. The van der Waals surface area contributed by atoms with Crippen LogP contribution in [0.2, 0.25) is 0 Å². The third-order valence-electron chi connectivity index (χ3n) is 3.03. The number of carbonyl (C=O) groups is 1. The summed E-state index contributed by atoms with van der Waals surface area (Å²) < 4.78 is 1.42. The highest BCUT2D eigenvalue weighted by molar-refractivity contribution is 5.92. The molecule has 6 heteroatoms. The lowest BCUT2D eigenvalue weighted by Gasteiger charge is -2.03. The Morgan fingerprint density at radius 2 is 2.10 bits per heavy atom. The van der Waals surface area contributed by atoms with E-state index in [1.165, 1.54) is 16.7 Å². The van der Waals surface area contributed by atoms with Gasteiger partial charge in [-0.05, 0) is 37.3 Å². The molecule has 3 aromatic rings. The number of nitrogens with zero attached hydrogens (tertiary/aromatic N) is 2. The first-order valence-electron chi connectivity index (χ1n) is 5.98. The van der Waals surface area contributed by atoms with E-state index in [1.54, 1.807) is 12.1 Å². The molecule has 3 rings (SSSR count). The molecule has 0 aliphatic heterocycles. The normalized spacial score (nSPS) is 10.8. The van der Waals surface area contributed by atoms with Crippen LogP contribution in [0.1, 0.15) is 16.1 Å². The van der Waals surface area contributed by atoms with Crippen molar-refractivity contribution >= 4 is 17.0 Å². The topological polar surface area (TPSA) is 88.0 Å². The van der Waals surface area contributed by atoms with Crippen LogP contribution in [0, 0.1) is 6.92 Å². The maximum atomic E-state index is 12.1. The number of hydrogen-bond donors (Lipinski definition) is 2. The monoisotopic (exact) mass is 269 g/mol. The van der Waals surface area contributed by atoms with E-state index in [-0.39, 0.29) is 11.3 Å². The maximum Gasteiger partial charge on any atom is 0.335 e. The number of pyridine rings is 1. The first kappa shape index (κ1) is 12.2. The second kappa shape index (κ2) is 4.34. The largest absolute Gasteiger partial charge is 0.478 e. The molecule has 2 aromatic heterocycles. The molecule has 0 saturated heterocycles. The smallest absolute Gasteiger partial charge is 0.335 e.